The van der Waals surface area contributed by atoms with Gasteiger partial charge in [0.25, 0.3) is 0 Å². The number of hydrogen-bond acceptors (Lipinski definition) is 3. The van der Waals surface area contributed by atoms with Gasteiger partial charge < -0.3 is 5.32 Å². The van der Waals surface area contributed by atoms with Crippen molar-refractivity contribution in [1.29, 1.82) is 0 Å². The van der Waals surface area contributed by atoms with E-state index in [1.165, 1.54) is 18.4 Å². The van der Waals surface area contributed by atoms with Gasteiger partial charge in [-0.05, 0) is 30.9 Å². The van der Waals surface area contributed by atoms with Gasteiger partial charge >= 0.3 is 0 Å². The van der Waals surface area contributed by atoms with Crippen LogP contribution in [0, 0.1) is 5.92 Å². The van der Waals surface area contributed by atoms with Crippen molar-refractivity contribution in [3.63, 3.8) is 0 Å². The Morgan fingerprint density at radius 1 is 1.41 bits per heavy atom. The summed E-state index contributed by atoms with van der Waals surface area (Å²) in [6.45, 7) is 7.72. The Labute approximate surface area is 138 Å². The number of likely N-dealkylation sites (tertiary alicyclic amines) is 1. The molecule has 4 heteroatoms. The SMILES string of the molecule is C=CCSCC(=O)NC[C@@H]1CCCN(Cc2ccccc2)C1. The Hall–Kier alpha value is -1.26. The average Bonchev–Trinajstić information content (AvgIpc) is 2.55. The molecule has 1 heterocycles. The van der Waals surface area contributed by atoms with Gasteiger partial charge in [-0.3, -0.25) is 9.69 Å². The Kier molecular flexibility index (Phi) is 7.54. The number of nitrogens with one attached hydrogen (secondary N) is 1. The van der Waals surface area contributed by atoms with Gasteiger partial charge in [0, 0.05) is 25.4 Å². The van der Waals surface area contributed by atoms with E-state index in [0.717, 1.165) is 31.9 Å². The molecule has 0 spiro atoms. The molecule has 0 bridgehead atoms. The number of piperidine rings is 1. The maximum Gasteiger partial charge on any atom is 0.230 e. The second-order valence-corrected chi connectivity index (χ2v) is 6.87. The fraction of sp³-hybridized carbons (Fsp3) is 0.500. The summed E-state index contributed by atoms with van der Waals surface area (Å²) in [5.74, 6) is 2.09. The van der Waals surface area contributed by atoms with Crippen LogP contribution in [0.1, 0.15) is 18.4 Å². The smallest absolute Gasteiger partial charge is 0.230 e. The number of thioether (sulfide) groups is 1. The molecule has 2 rings (SSSR count). The summed E-state index contributed by atoms with van der Waals surface area (Å²) in [4.78, 5) is 14.3. The van der Waals surface area contributed by atoms with E-state index in [0.29, 0.717) is 11.7 Å². The zero-order chi connectivity index (χ0) is 15.6. The van der Waals surface area contributed by atoms with E-state index in [-0.39, 0.29) is 5.91 Å². The van der Waals surface area contributed by atoms with Crippen molar-refractivity contribution in [3.8, 4) is 0 Å². The number of benzene rings is 1. The highest BCUT2D eigenvalue weighted by molar-refractivity contribution is 8.00. The number of carbonyl (C=O) groups is 1. The van der Waals surface area contributed by atoms with Crippen LogP contribution in [0.5, 0.6) is 0 Å². The molecule has 1 saturated heterocycles. The Morgan fingerprint density at radius 3 is 3.00 bits per heavy atom. The minimum Gasteiger partial charge on any atom is -0.355 e. The molecule has 22 heavy (non-hydrogen) atoms. The van der Waals surface area contributed by atoms with E-state index in [1.54, 1.807) is 11.8 Å². The van der Waals surface area contributed by atoms with Crippen molar-refractivity contribution in [2.75, 3.05) is 31.1 Å². The molecule has 0 saturated carbocycles. The van der Waals surface area contributed by atoms with E-state index in [1.807, 2.05) is 6.08 Å². The largest absolute Gasteiger partial charge is 0.355 e. The fourth-order valence-corrected chi connectivity index (χ4v) is 3.42. The van der Waals surface area contributed by atoms with Gasteiger partial charge in [0.15, 0.2) is 0 Å². The number of nitrogens with zero attached hydrogens (tertiary/aromatic N) is 1. The maximum atomic E-state index is 11.8. The highest BCUT2D eigenvalue weighted by Gasteiger charge is 2.20. The number of amides is 1. The van der Waals surface area contributed by atoms with Crippen LogP contribution in [0.2, 0.25) is 0 Å². The summed E-state index contributed by atoms with van der Waals surface area (Å²) in [6, 6.07) is 10.6. The molecule has 0 aliphatic carbocycles. The van der Waals surface area contributed by atoms with Gasteiger partial charge in [0.2, 0.25) is 5.91 Å². The van der Waals surface area contributed by atoms with Crippen molar-refractivity contribution < 1.29 is 4.79 Å². The first-order chi connectivity index (χ1) is 10.8. The first-order valence-corrected chi connectivity index (χ1v) is 9.15. The monoisotopic (exact) mass is 318 g/mol. The normalized spacial score (nSPS) is 18.8. The van der Waals surface area contributed by atoms with Crippen LogP contribution in [0.3, 0.4) is 0 Å². The Bertz CT molecular complexity index is 463. The number of hydrogen-bond donors (Lipinski definition) is 1. The summed E-state index contributed by atoms with van der Waals surface area (Å²) < 4.78 is 0. The molecule has 0 unspecified atom stereocenters. The van der Waals surface area contributed by atoms with E-state index in [9.17, 15) is 4.79 Å². The lowest BCUT2D eigenvalue weighted by Gasteiger charge is -2.32. The number of rotatable bonds is 8. The van der Waals surface area contributed by atoms with Gasteiger partial charge in [-0.2, -0.15) is 0 Å². The lowest BCUT2D eigenvalue weighted by Crippen LogP contribution is -2.40. The standard InChI is InChI=1S/C18H26N2OS/c1-2-11-22-15-18(21)19-12-17-9-6-10-20(14-17)13-16-7-4-3-5-8-16/h2-5,7-8,17H,1,6,9-15H2,(H,19,21)/t17-/m0/s1. The highest BCUT2D eigenvalue weighted by Crippen LogP contribution is 2.18. The van der Waals surface area contributed by atoms with Crippen LogP contribution in [0.15, 0.2) is 43.0 Å². The van der Waals surface area contributed by atoms with Crippen LogP contribution in [-0.4, -0.2) is 41.9 Å². The third-order valence-electron chi connectivity index (χ3n) is 3.91. The van der Waals surface area contributed by atoms with Crippen molar-refractivity contribution in [2.45, 2.75) is 19.4 Å². The van der Waals surface area contributed by atoms with E-state index >= 15 is 0 Å². The molecule has 3 nitrogen and oxygen atoms in total. The molecule has 0 radical (unpaired) electrons. The van der Waals surface area contributed by atoms with Crippen LogP contribution in [-0.2, 0) is 11.3 Å². The minimum absolute atomic E-state index is 0.145. The first kappa shape index (κ1) is 17.1. The molecule has 1 N–H and O–H groups in total. The number of carbonyl (C=O) groups excluding carboxylic acids is 1. The quantitative estimate of drug-likeness (QED) is 0.591. The molecule has 1 atom stereocenters. The molecule has 1 aliphatic heterocycles. The summed E-state index contributed by atoms with van der Waals surface area (Å²) in [5.41, 5.74) is 1.37. The topological polar surface area (TPSA) is 32.3 Å². The Balaban J connectivity index is 1.69. The third-order valence-corrected chi connectivity index (χ3v) is 4.85. The molecule has 120 valence electrons. The van der Waals surface area contributed by atoms with Crippen molar-refractivity contribution in [1.82, 2.24) is 10.2 Å². The van der Waals surface area contributed by atoms with Crippen LogP contribution in [0.25, 0.3) is 0 Å². The highest BCUT2D eigenvalue weighted by atomic mass is 32.2. The summed E-state index contributed by atoms with van der Waals surface area (Å²) in [6.07, 6.45) is 4.27. The van der Waals surface area contributed by atoms with Crippen LogP contribution >= 0.6 is 11.8 Å². The second-order valence-electron chi connectivity index (χ2n) is 5.84. The summed E-state index contributed by atoms with van der Waals surface area (Å²) in [5, 5.41) is 3.07. The van der Waals surface area contributed by atoms with Gasteiger partial charge in [0.05, 0.1) is 5.75 Å². The Morgan fingerprint density at radius 2 is 2.23 bits per heavy atom. The molecular formula is C18H26N2OS. The van der Waals surface area contributed by atoms with E-state index < -0.39 is 0 Å². The predicted octanol–water partition coefficient (Wildman–Crippen LogP) is 2.93. The summed E-state index contributed by atoms with van der Waals surface area (Å²) in [7, 11) is 0. The lowest BCUT2D eigenvalue weighted by atomic mass is 9.97. The van der Waals surface area contributed by atoms with E-state index in [4.69, 9.17) is 0 Å². The maximum absolute atomic E-state index is 11.8. The van der Waals surface area contributed by atoms with Gasteiger partial charge in [-0.1, -0.05) is 36.4 Å². The zero-order valence-electron chi connectivity index (χ0n) is 13.2. The van der Waals surface area contributed by atoms with E-state index in [2.05, 4.69) is 47.1 Å². The van der Waals surface area contributed by atoms with Gasteiger partial charge in [0.1, 0.15) is 0 Å². The van der Waals surface area contributed by atoms with Crippen molar-refractivity contribution in [2.24, 2.45) is 5.92 Å². The minimum atomic E-state index is 0.145. The lowest BCUT2D eigenvalue weighted by molar-refractivity contribution is -0.118. The second kappa shape index (κ2) is 9.70. The van der Waals surface area contributed by atoms with Crippen LogP contribution in [0.4, 0.5) is 0 Å². The first-order valence-electron chi connectivity index (χ1n) is 7.99. The van der Waals surface area contributed by atoms with Gasteiger partial charge in [-0.25, -0.2) is 0 Å². The molecule has 0 aromatic heterocycles. The predicted molar refractivity (Wildman–Crippen MR) is 95.0 cm³/mol. The molecule has 1 aromatic rings. The zero-order valence-corrected chi connectivity index (χ0v) is 14.0. The third kappa shape index (κ3) is 6.24. The van der Waals surface area contributed by atoms with Crippen molar-refractivity contribution >= 4 is 17.7 Å². The molecule has 1 aliphatic rings. The van der Waals surface area contributed by atoms with Gasteiger partial charge in [-0.15, -0.1) is 18.3 Å². The molecule has 1 aromatic carbocycles. The fourth-order valence-electron chi connectivity index (χ4n) is 2.85. The van der Waals surface area contributed by atoms with Crippen molar-refractivity contribution in [3.05, 3.63) is 48.6 Å². The van der Waals surface area contributed by atoms with Crippen LogP contribution < -0.4 is 5.32 Å². The average molecular weight is 318 g/mol. The molecule has 1 amide bonds. The molecule has 1 fully saturated rings. The molecular weight excluding hydrogens is 292 g/mol. The summed E-state index contributed by atoms with van der Waals surface area (Å²) >= 11 is 1.61.